The molecule has 0 aliphatic carbocycles. The van der Waals surface area contributed by atoms with E-state index in [0.29, 0.717) is 28.5 Å². The Labute approximate surface area is 149 Å². The monoisotopic (exact) mass is 344 g/mol. The minimum absolute atomic E-state index is 0.245. The second kappa shape index (κ2) is 6.40. The summed E-state index contributed by atoms with van der Waals surface area (Å²) in [4.78, 5) is 21.6. The Morgan fingerprint density at radius 2 is 1.88 bits per heavy atom. The smallest absolute Gasteiger partial charge is 0.258 e. The van der Waals surface area contributed by atoms with E-state index in [0.717, 1.165) is 16.5 Å². The minimum Gasteiger partial charge on any atom is -0.334 e. The minimum atomic E-state index is -0.245. The summed E-state index contributed by atoms with van der Waals surface area (Å²) < 4.78 is 5.23. The molecule has 4 rings (SSSR count). The van der Waals surface area contributed by atoms with Gasteiger partial charge in [0.25, 0.3) is 11.8 Å². The third-order valence-corrected chi connectivity index (χ3v) is 4.15. The second-order valence-corrected chi connectivity index (χ2v) is 5.98. The molecule has 0 saturated heterocycles. The Morgan fingerprint density at radius 1 is 1.04 bits per heavy atom. The lowest BCUT2D eigenvalue weighted by molar-refractivity contribution is 0.102. The van der Waals surface area contributed by atoms with Gasteiger partial charge in [0, 0.05) is 11.6 Å². The van der Waals surface area contributed by atoms with Crippen molar-refractivity contribution in [3.05, 3.63) is 71.7 Å². The predicted octanol–water partition coefficient (Wildman–Crippen LogP) is 4.15. The summed E-state index contributed by atoms with van der Waals surface area (Å²) in [6.07, 6.45) is 1.74. The number of anilines is 1. The lowest BCUT2D eigenvalue weighted by Crippen LogP contribution is -2.13. The summed E-state index contributed by atoms with van der Waals surface area (Å²) in [6.45, 7) is 3.73. The van der Waals surface area contributed by atoms with Crippen molar-refractivity contribution in [2.24, 2.45) is 0 Å². The number of aromatic nitrogens is 3. The summed E-state index contributed by atoms with van der Waals surface area (Å²) in [5.41, 5.74) is 3.69. The van der Waals surface area contributed by atoms with E-state index in [9.17, 15) is 4.79 Å². The van der Waals surface area contributed by atoms with Gasteiger partial charge in [-0.1, -0.05) is 23.4 Å². The molecule has 0 spiro atoms. The van der Waals surface area contributed by atoms with Crippen molar-refractivity contribution >= 4 is 22.5 Å². The first-order chi connectivity index (χ1) is 12.6. The molecular formula is C20H16N4O2. The molecule has 2 aromatic heterocycles. The highest BCUT2D eigenvalue weighted by molar-refractivity contribution is 6.11. The normalized spacial score (nSPS) is 10.8. The van der Waals surface area contributed by atoms with E-state index in [-0.39, 0.29) is 5.91 Å². The third kappa shape index (κ3) is 2.82. The maximum atomic E-state index is 12.9. The van der Waals surface area contributed by atoms with Crippen LogP contribution >= 0.6 is 0 Å². The first kappa shape index (κ1) is 16.0. The topological polar surface area (TPSA) is 80.9 Å². The van der Waals surface area contributed by atoms with Gasteiger partial charge in [-0.15, -0.1) is 0 Å². The van der Waals surface area contributed by atoms with Gasteiger partial charge in [0.2, 0.25) is 0 Å². The molecule has 0 radical (unpaired) electrons. The number of hydrogen-bond donors (Lipinski definition) is 1. The number of aryl methyl sites for hydroxylation is 2. The van der Waals surface area contributed by atoms with Crippen molar-refractivity contribution in [3.63, 3.8) is 0 Å². The number of carbonyl (C=O) groups is 1. The lowest BCUT2D eigenvalue weighted by Gasteiger charge is -2.11. The van der Waals surface area contributed by atoms with E-state index in [4.69, 9.17) is 4.52 Å². The fourth-order valence-electron chi connectivity index (χ4n) is 2.89. The standard InChI is InChI=1S/C20H16N4O2/c1-12-9-10-17(16-8-5-11-21-18(12)16)23-19(25)14-6-3-4-7-15(14)20-22-13(2)24-26-20/h3-11H,1-2H3,(H,23,25). The molecule has 0 aliphatic rings. The Hall–Kier alpha value is -3.54. The largest absolute Gasteiger partial charge is 0.334 e. The van der Waals surface area contributed by atoms with Crippen LogP contribution in [-0.2, 0) is 0 Å². The van der Waals surface area contributed by atoms with Gasteiger partial charge in [-0.05, 0) is 49.7 Å². The second-order valence-electron chi connectivity index (χ2n) is 5.98. The number of nitrogens with one attached hydrogen (secondary N) is 1. The molecule has 1 N–H and O–H groups in total. The van der Waals surface area contributed by atoms with Crippen LogP contribution < -0.4 is 5.32 Å². The number of pyridine rings is 1. The van der Waals surface area contributed by atoms with Crippen molar-refractivity contribution < 1.29 is 9.32 Å². The Morgan fingerprint density at radius 3 is 2.69 bits per heavy atom. The number of nitrogens with zero attached hydrogens (tertiary/aromatic N) is 3. The van der Waals surface area contributed by atoms with Gasteiger partial charge in [0.05, 0.1) is 22.3 Å². The average Bonchev–Trinajstić information content (AvgIpc) is 3.10. The fourth-order valence-corrected chi connectivity index (χ4v) is 2.89. The molecule has 6 heteroatoms. The zero-order chi connectivity index (χ0) is 18.1. The molecular weight excluding hydrogens is 328 g/mol. The first-order valence-corrected chi connectivity index (χ1v) is 8.19. The van der Waals surface area contributed by atoms with Crippen molar-refractivity contribution in [1.82, 2.24) is 15.1 Å². The third-order valence-electron chi connectivity index (χ3n) is 4.15. The molecule has 128 valence electrons. The highest BCUT2D eigenvalue weighted by atomic mass is 16.5. The quantitative estimate of drug-likeness (QED) is 0.604. The average molecular weight is 344 g/mol. The van der Waals surface area contributed by atoms with Crippen molar-refractivity contribution in [2.45, 2.75) is 13.8 Å². The van der Waals surface area contributed by atoms with Crippen LogP contribution in [0.4, 0.5) is 5.69 Å². The molecule has 0 bridgehead atoms. The maximum Gasteiger partial charge on any atom is 0.258 e. The Bertz CT molecular complexity index is 1120. The highest BCUT2D eigenvalue weighted by Crippen LogP contribution is 2.27. The number of benzene rings is 2. The van der Waals surface area contributed by atoms with E-state index in [2.05, 4.69) is 20.4 Å². The molecule has 0 fully saturated rings. The predicted molar refractivity (Wildman–Crippen MR) is 98.9 cm³/mol. The molecule has 0 aliphatic heterocycles. The van der Waals surface area contributed by atoms with Crippen molar-refractivity contribution in [1.29, 1.82) is 0 Å². The lowest BCUT2D eigenvalue weighted by atomic mass is 10.1. The Balaban J connectivity index is 1.74. The number of fused-ring (bicyclic) bond motifs is 1. The molecule has 0 saturated carbocycles. The zero-order valence-corrected chi connectivity index (χ0v) is 14.4. The van der Waals surface area contributed by atoms with Crippen LogP contribution in [0, 0.1) is 13.8 Å². The van der Waals surface area contributed by atoms with Crippen LogP contribution in [0.1, 0.15) is 21.7 Å². The van der Waals surface area contributed by atoms with Crippen LogP contribution in [-0.4, -0.2) is 21.0 Å². The van der Waals surface area contributed by atoms with Crippen molar-refractivity contribution in [3.8, 4) is 11.5 Å². The Kier molecular flexibility index (Phi) is 3.93. The zero-order valence-electron chi connectivity index (χ0n) is 14.4. The molecule has 6 nitrogen and oxygen atoms in total. The summed E-state index contributed by atoms with van der Waals surface area (Å²) in [5.74, 6) is 0.597. The van der Waals surface area contributed by atoms with E-state index in [1.54, 1.807) is 31.3 Å². The van der Waals surface area contributed by atoms with E-state index in [1.807, 2.05) is 37.3 Å². The molecule has 1 amide bonds. The van der Waals surface area contributed by atoms with E-state index >= 15 is 0 Å². The van der Waals surface area contributed by atoms with Crippen LogP contribution in [0.3, 0.4) is 0 Å². The number of carbonyl (C=O) groups excluding carboxylic acids is 1. The number of hydrogen-bond acceptors (Lipinski definition) is 5. The van der Waals surface area contributed by atoms with Crippen LogP contribution in [0.25, 0.3) is 22.4 Å². The fraction of sp³-hybridized carbons (Fsp3) is 0.100. The summed E-state index contributed by atoms with van der Waals surface area (Å²) in [5, 5.41) is 7.67. The highest BCUT2D eigenvalue weighted by Gasteiger charge is 2.17. The maximum absolute atomic E-state index is 12.9. The molecule has 4 aromatic rings. The van der Waals surface area contributed by atoms with Crippen LogP contribution in [0.2, 0.25) is 0 Å². The SMILES string of the molecule is Cc1noc(-c2ccccc2C(=O)Nc2ccc(C)c3ncccc23)n1. The summed E-state index contributed by atoms with van der Waals surface area (Å²) >= 11 is 0. The van der Waals surface area contributed by atoms with Gasteiger partial charge >= 0.3 is 0 Å². The summed E-state index contributed by atoms with van der Waals surface area (Å²) in [6, 6.07) is 14.8. The van der Waals surface area contributed by atoms with Gasteiger partial charge in [0.15, 0.2) is 5.82 Å². The van der Waals surface area contributed by atoms with Gasteiger partial charge in [-0.3, -0.25) is 9.78 Å². The number of rotatable bonds is 3. The van der Waals surface area contributed by atoms with E-state index in [1.165, 1.54) is 0 Å². The van der Waals surface area contributed by atoms with Gasteiger partial charge in [0.1, 0.15) is 0 Å². The molecule has 2 aromatic carbocycles. The molecule has 0 unspecified atom stereocenters. The van der Waals surface area contributed by atoms with Crippen LogP contribution in [0.15, 0.2) is 59.3 Å². The first-order valence-electron chi connectivity index (χ1n) is 8.19. The van der Waals surface area contributed by atoms with Gasteiger partial charge in [-0.25, -0.2) is 0 Å². The van der Waals surface area contributed by atoms with Gasteiger partial charge in [-0.2, -0.15) is 4.98 Å². The van der Waals surface area contributed by atoms with Crippen LogP contribution in [0.5, 0.6) is 0 Å². The summed E-state index contributed by atoms with van der Waals surface area (Å²) in [7, 11) is 0. The molecule has 26 heavy (non-hydrogen) atoms. The van der Waals surface area contributed by atoms with E-state index < -0.39 is 0 Å². The number of amides is 1. The van der Waals surface area contributed by atoms with Crippen molar-refractivity contribution in [2.75, 3.05) is 5.32 Å². The van der Waals surface area contributed by atoms with Gasteiger partial charge < -0.3 is 9.84 Å². The molecule has 0 atom stereocenters. The molecule has 2 heterocycles.